The number of carbonyl (C=O) groups is 1. The molecule has 2 aromatic rings. The van der Waals surface area contributed by atoms with Crippen molar-refractivity contribution in [2.24, 2.45) is 5.73 Å². The summed E-state index contributed by atoms with van der Waals surface area (Å²) in [4.78, 5) is 14.1. The van der Waals surface area contributed by atoms with E-state index in [1.165, 1.54) is 0 Å². The maximum atomic E-state index is 12.4. The first-order chi connectivity index (χ1) is 10.6. The van der Waals surface area contributed by atoms with Crippen molar-refractivity contribution >= 4 is 24.0 Å². The monoisotopic (exact) mass is 332 g/mol. The Bertz CT molecular complexity index is 676. The van der Waals surface area contributed by atoms with Crippen molar-refractivity contribution < 1.29 is 9.53 Å². The molecule has 0 aliphatic carbocycles. The van der Waals surface area contributed by atoms with Crippen molar-refractivity contribution in [1.29, 1.82) is 0 Å². The van der Waals surface area contributed by atoms with E-state index in [0.29, 0.717) is 0 Å². The second-order valence-electron chi connectivity index (χ2n) is 5.56. The molecule has 2 N–H and O–H groups in total. The van der Waals surface area contributed by atoms with Gasteiger partial charge in [-0.3, -0.25) is 4.79 Å². The van der Waals surface area contributed by atoms with Gasteiger partial charge in [-0.25, -0.2) is 0 Å². The zero-order valence-electron chi connectivity index (χ0n) is 13.1. The molecule has 5 heteroatoms. The molecule has 0 saturated heterocycles. The van der Waals surface area contributed by atoms with Gasteiger partial charge in [0.1, 0.15) is 5.75 Å². The molecular weight excluding hydrogens is 312 g/mol. The highest BCUT2D eigenvalue weighted by molar-refractivity contribution is 5.93. The molecule has 23 heavy (non-hydrogen) atoms. The fourth-order valence-electron chi connectivity index (χ4n) is 2.67. The number of amides is 1. The highest BCUT2D eigenvalue weighted by atomic mass is 35.5. The quantitative estimate of drug-likeness (QED) is 0.936. The molecule has 122 valence electrons. The van der Waals surface area contributed by atoms with Gasteiger partial charge in [0.15, 0.2) is 0 Å². The van der Waals surface area contributed by atoms with Crippen LogP contribution in [0.25, 0.3) is 0 Å². The van der Waals surface area contributed by atoms with Crippen molar-refractivity contribution in [1.82, 2.24) is 0 Å². The van der Waals surface area contributed by atoms with Gasteiger partial charge in [0.2, 0.25) is 5.91 Å². The van der Waals surface area contributed by atoms with Crippen LogP contribution in [0.15, 0.2) is 48.5 Å². The normalized spacial score (nSPS) is 13.5. The first-order valence-corrected chi connectivity index (χ1v) is 7.48. The summed E-state index contributed by atoms with van der Waals surface area (Å²) in [5.41, 5.74) is 9.15. The SMILES string of the molecule is CN(C(=O)CC(N)c1ccccc1)c1ccc2c(c1)CCO2.Cl. The molecule has 1 aliphatic heterocycles. The van der Waals surface area contributed by atoms with Gasteiger partial charge in [-0.15, -0.1) is 12.4 Å². The van der Waals surface area contributed by atoms with Crippen LogP contribution < -0.4 is 15.4 Å². The smallest absolute Gasteiger partial charge is 0.228 e. The number of nitrogens with two attached hydrogens (primary N) is 1. The molecule has 1 unspecified atom stereocenters. The Labute approximate surface area is 142 Å². The van der Waals surface area contributed by atoms with E-state index in [0.717, 1.165) is 35.6 Å². The van der Waals surface area contributed by atoms with Gasteiger partial charge in [-0.05, 0) is 29.3 Å². The van der Waals surface area contributed by atoms with Crippen molar-refractivity contribution in [3.8, 4) is 5.75 Å². The van der Waals surface area contributed by atoms with Crippen LogP contribution in [0.5, 0.6) is 5.75 Å². The van der Waals surface area contributed by atoms with E-state index in [1.54, 1.807) is 11.9 Å². The summed E-state index contributed by atoms with van der Waals surface area (Å²) < 4.78 is 5.49. The van der Waals surface area contributed by atoms with Gasteiger partial charge in [0.25, 0.3) is 0 Å². The van der Waals surface area contributed by atoms with Crippen molar-refractivity contribution in [3.05, 3.63) is 59.7 Å². The number of hydrogen-bond donors (Lipinski definition) is 1. The topological polar surface area (TPSA) is 55.6 Å². The molecule has 0 bridgehead atoms. The van der Waals surface area contributed by atoms with Crippen LogP contribution >= 0.6 is 12.4 Å². The highest BCUT2D eigenvalue weighted by Crippen LogP contribution is 2.29. The minimum absolute atomic E-state index is 0. The molecule has 1 heterocycles. The predicted octanol–water partition coefficient (Wildman–Crippen LogP) is 3.10. The first-order valence-electron chi connectivity index (χ1n) is 7.48. The Kier molecular flexibility index (Phi) is 5.64. The summed E-state index contributed by atoms with van der Waals surface area (Å²) in [6, 6.07) is 15.3. The molecule has 1 aliphatic rings. The maximum absolute atomic E-state index is 12.4. The molecule has 2 aromatic carbocycles. The van der Waals surface area contributed by atoms with Crippen molar-refractivity contribution in [3.63, 3.8) is 0 Å². The Morgan fingerprint density at radius 2 is 2.00 bits per heavy atom. The minimum Gasteiger partial charge on any atom is -0.493 e. The van der Waals surface area contributed by atoms with Gasteiger partial charge < -0.3 is 15.4 Å². The molecule has 0 saturated carbocycles. The Morgan fingerprint density at radius 1 is 1.26 bits per heavy atom. The van der Waals surface area contributed by atoms with Gasteiger partial charge in [0.05, 0.1) is 6.61 Å². The van der Waals surface area contributed by atoms with Crippen LogP contribution in [-0.2, 0) is 11.2 Å². The molecule has 3 rings (SSSR count). The molecular formula is C18H21ClN2O2. The van der Waals surface area contributed by atoms with E-state index >= 15 is 0 Å². The summed E-state index contributed by atoms with van der Waals surface area (Å²) in [6.45, 7) is 0.718. The Morgan fingerprint density at radius 3 is 2.74 bits per heavy atom. The number of hydrogen-bond acceptors (Lipinski definition) is 3. The molecule has 4 nitrogen and oxygen atoms in total. The number of anilines is 1. The third-order valence-electron chi connectivity index (χ3n) is 4.06. The van der Waals surface area contributed by atoms with Crippen LogP contribution in [0.1, 0.15) is 23.6 Å². The van der Waals surface area contributed by atoms with E-state index < -0.39 is 0 Å². The summed E-state index contributed by atoms with van der Waals surface area (Å²) >= 11 is 0. The second kappa shape index (κ2) is 7.49. The zero-order valence-corrected chi connectivity index (χ0v) is 13.9. The third-order valence-corrected chi connectivity index (χ3v) is 4.06. The second-order valence-corrected chi connectivity index (χ2v) is 5.56. The van der Waals surface area contributed by atoms with Gasteiger partial charge in [0, 0.05) is 31.6 Å². The molecule has 1 amide bonds. The van der Waals surface area contributed by atoms with Crippen molar-refractivity contribution in [2.75, 3.05) is 18.6 Å². The number of nitrogens with zero attached hydrogens (tertiary/aromatic N) is 1. The summed E-state index contributed by atoms with van der Waals surface area (Å²) in [5, 5.41) is 0. The van der Waals surface area contributed by atoms with E-state index in [1.807, 2.05) is 48.5 Å². The van der Waals surface area contributed by atoms with Gasteiger partial charge in [-0.1, -0.05) is 30.3 Å². The molecule has 0 aromatic heterocycles. The molecule has 0 spiro atoms. The van der Waals surface area contributed by atoms with E-state index in [-0.39, 0.29) is 30.8 Å². The Balaban J connectivity index is 0.00000192. The van der Waals surface area contributed by atoms with Crippen molar-refractivity contribution in [2.45, 2.75) is 18.9 Å². The van der Waals surface area contributed by atoms with Crippen LogP contribution in [0.2, 0.25) is 0 Å². The summed E-state index contributed by atoms with van der Waals surface area (Å²) in [7, 11) is 1.79. The minimum atomic E-state index is -0.283. The molecule has 1 atom stereocenters. The largest absolute Gasteiger partial charge is 0.493 e. The van der Waals surface area contributed by atoms with E-state index in [2.05, 4.69) is 0 Å². The van der Waals surface area contributed by atoms with Crippen LogP contribution in [0, 0.1) is 0 Å². The molecule has 0 radical (unpaired) electrons. The fourth-order valence-corrected chi connectivity index (χ4v) is 2.67. The van der Waals surface area contributed by atoms with Gasteiger partial charge >= 0.3 is 0 Å². The maximum Gasteiger partial charge on any atom is 0.228 e. The van der Waals surface area contributed by atoms with Crippen LogP contribution in [0.4, 0.5) is 5.69 Å². The predicted molar refractivity (Wildman–Crippen MR) is 94.3 cm³/mol. The lowest BCUT2D eigenvalue weighted by Gasteiger charge is -2.20. The zero-order chi connectivity index (χ0) is 15.5. The van der Waals surface area contributed by atoms with Crippen LogP contribution in [-0.4, -0.2) is 19.6 Å². The number of carbonyl (C=O) groups excluding carboxylic acids is 1. The van der Waals surface area contributed by atoms with E-state index in [4.69, 9.17) is 10.5 Å². The first kappa shape index (κ1) is 17.3. The Hall–Kier alpha value is -2.04. The standard InChI is InChI=1S/C18H20N2O2.ClH/c1-20(15-7-8-17-14(11-15)9-10-22-17)18(21)12-16(19)13-5-3-2-4-6-13;/h2-8,11,16H,9-10,12,19H2,1H3;1H. The number of rotatable bonds is 4. The average Bonchev–Trinajstić information content (AvgIpc) is 3.02. The van der Waals surface area contributed by atoms with E-state index in [9.17, 15) is 4.79 Å². The number of fused-ring (bicyclic) bond motifs is 1. The van der Waals surface area contributed by atoms with Gasteiger partial charge in [-0.2, -0.15) is 0 Å². The summed E-state index contributed by atoms with van der Waals surface area (Å²) in [6.07, 6.45) is 1.18. The fraction of sp³-hybridized carbons (Fsp3) is 0.278. The number of benzene rings is 2. The lowest BCUT2D eigenvalue weighted by molar-refractivity contribution is -0.118. The summed E-state index contributed by atoms with van der Waals surface area (Å²) in [5.74, 6) is 0.931. The molecule has 0 fully saturated rings. The lowest BCUT2D eigenvalue weighted by Crippen LogP contribution is -2.29. The third kappa shape index (κ3) is 3.84. The highest BCUT2D eigenvalue weighted by Gasteiger charge is 2.19. The number of halogens is 1. The average molecular weight is 333 g/mol. The van der Waals surface area contributed by atoms with Crippen LogP contribution in [0.3, 0.4) is 0 Å². The number of ether oxygens (including phenoxy) is 1. The lowest BCUT2D eigenvalue weighted by atomic mass is 10.0.